The van der Waals surface area contributed by atoms with Crippen LogP contribution >= 0.6 is 11.6 Å². The zero-order valence-electron chi connectivity index (χ0n) is 11.3. The van der Waals surface area contributed by atoms with E-state index in [2.05, 4.69) is 10.3 Å². The highest BCUT2D eigenvalue weighted by Crippen LogP contribution is 2.23. The first-order valence-electron chi connectivity index (χ1n) is 6.30. The van der Waals surface area contributed by atoms with Crippen molar-refractivity contribution in [2.24, 2.45) is 0 Å². The zero-order chi connectivity index (χ0) is 14.7. The van der Waals surface area contributed by atoms with E-state index in [-0.39, 0.29) is 16.0 Å². The van der Waals surface area contributed by atoms with Crippen molar-refractivity contribution in [1.29, 1.82) is 0 Å². The minimum absolute atomic E-state index is 0.117. The van der Waals surface area contributed by atoms with Crippen molar-refractivity contribution in [2.75, 3.05) is 0 Å². The van der Waals surface area contributed by atoms with Crippen molar-refractivity contribution in [1.82, 2.24) is 15.0 Å². The molecule has 0 aliphatic carbocycles. The van der Waals surface area contributed by atoms with Gasteiger partial charge in [0.15, 0.2) is 0 Å². The maximum Gasteiger partial charge on any atom is 0.272 e. The minimum atomic E-state index is -0.378. The number of alkyl halides is 1. The molecular formula is C13H15ClN4O2. The van der Waals surface area contributed by atoms with E-state index in [1.807, 2.05) is 13.0 Å². The highest BCUT2D eigenvalue weighted by atomic mass is 35.5. The van der Waals surface area contributed by atoms with Gasteiger partial charge in [-0.3, -0.25) is 10.1 Å². The molecule has 0 radical (unpaired) electrons. The SMILES string of the molecule is CCC(Cl)c1cn(Cc2cccc([N+](=O)[O-])c2C)nn1. The van der Waals surface area contributed by atoms with E-state index in [0.29, 0.717) is 12.1 Å². The molecule has 20 heavy (non-hydrogen) atoms. The van der Waals surface area contributed by atoms with Crippen LogP contribution in [-0.2, 0) is 6.54 Å². The Bertz CT molecular complexity index is 627. The molecule has 0 saturated carbocycles. The van der Waals surface area contributed by atoms with Gasteiger partial charge in [0.25, 0.3) is 5.69 Å². The Morgan fingerprint density at radius 3 is 2.90 bits per heavy atom. The third-order valence-electron chi connectivity index (χ3n) is 3.18. The van der Waals surface area contributed by atoms with E-state index >= 15 is 0 Å². The molecule has 1 unspecified atom stereocenters. The van der Waals surface area contributed by atoms with Crippen molar-refractivity contribution in [3.63, 3.8) is 0 Å². The summed E-state index contributed by atoms with van der Waals surface area (Å²) < 4.78 is 1.65. The summed E-state index contributed by atoms with van der Waals surface area (Å²) in [6.45, 7) is 4.15. The Labute approximate surface area is 121 Å². The quantitative estimate of drug-likeness (QED) is 0.482. The summed E-state index contributed by atoms with van der Waals surface area (Å²) in [5, 5.41) is 18.8. The highest BCUT2D eigenvalue weighted by Gasteiger charge is 2.15. The number of nitro benzene ring substituents is 1. The lowest BCUT2D eigenvalue weighted by Gasteiger charge is -2.05. The summed E-state index contributed by atoms with van der Waals surface area (Å²) in [5.74, 6) is 0. The van der Waals surface area contributed by atoms with Crippen LogP contribution in [0.25, 0.3) is 0 Å². The molecule has 0 saturated heterocycles. The Hall–Kier alpha value is -1.95. The molecule has 2 aromatic rings. The van der Waals surface area contributed by atoms with Gasteiger partial charge in [-0.2, -0.15) is 0 Å². The molecule has 0 fully saturated rings. The van der Waals surface area contributed by atoms with Gasteiger partial charge < -0.3 is 0 Å². The Kier molecular flexibility index (Phi) is 4.34. The number of aromatic nitrogens is 3. The molecule has 6 nitrogen and oxygen atoms in total. The second-order valence-electron chi connectivity index (χ2n) is 4.54. The summed E-state index contributed by atoms with van der Waals surface area (Å²) in [7, 11) is 0. The predicted molar refractivity (Wildman–Crippen MR) is 75.8 cm³/mol. The second kappa shape index (κ2) is 6.00. The van der Waals surface area contributed by atoms with Crippen molar-refractivity contribution in [3.05, 3.63) is 51.3 Å². The van der Waals surface area contributed by atoms with Gasteiger partial charge in [-0.15, -0.1) is 16.7 Å². The number of hydrogen-bond donors (Lipinski definition) is 0. The van der Waals surface area contributed by atoms with Crippen LogP contribution in [0.1, 0.15) is 35.5 Å². The molecule has 1 heterocycles. The fourth-order valence-corrected chi connectivity index (χ4v) is 2.06. The third kappa shape index (κ3) is 2.96. The first-order chi connectivity index (χ1) is 9.52. The summed E-state index contributed by atoms with van der Waals surface area (Å²) >= 11 is 6.10. The van der Waals surface area contributed by atoms with Gasteiger partial charge in [-0.05, 0) is 18.9 Å². The summed E-state index contributed by atoms with van der Waals surface area (Å²) in [5.41, 5.74) is 2.33. The maximum absolute atomic E-state index is 10.9. The smallest absolute Gasteiger partial charge is 0.258 e. The molecule has 0 bridgehead atoms. The number of nitro groups is 1. The van der Waals surface area contributed by atoms with Gasteiger partial charge in [-0.25, -0.2) is 4.68 Å². The average Bonchev–Trinajstić information content (AvgIpc) is 2.88. The van der Waals surface area contributed by atoms with Gasteiger partial charge in [0, 0.05) is 11.6 Å². The Morgan fingerprint density at radius 2 is 2.25 bits per heavy atom. The van der Waals surface area contributed by atoms with Gasteiger partial charge >= 0.3 is 0 Å². The van der Waals surface area contributed by atoms with E-state index < -0.39 is 0 Å². The van der Waals surface area contributed by atoms with Crippen LogP contribution in [0.5, 0.6) is 0 Å². The van der Waals surface area contributed by atoms with Gasteiger partial charge in [-0.1, -0.05) is 24.3 Å². The van der Waals surface area contributed by atoms with E-state index in [1.54, 1.807) is 23.9 Å². The largest absolute Gasteiger partial charge is 0.272 e. The second-order valence-corrected chi connectivity index (χ2v) is 5.06. The molecule has 2 rings (SSSR count). The molecule has 0 N–H and O–H groups in total. The molecule has 0 spiro atoms. The van der Waals surface area contributed by atoms with E-state index in [1.165, 1.54) is 6.07 Å². The lowest BCUT2D eigenvalue weighted by molar-refractivity contribution is -0.385. The van der Waals surface area contributed by atoms with Crippen molar-refractivity contribution in [2.45, 2.75) is 32.2 Å². The summed E-state index contributed by atoms with van der Waals surface area (Å²) in [6.07, 6.45) is 2.55. The van der Waals surface area contributed by atoms with Crippen LogP contribution in [0, 0.1) is 17.0 Å². The number of halogens is 1. The van der Waals surface area contributed by atoms with E-state index in [9.17, 15) is 10.1 Å². The molecule has 1 aromatic carbocycles. The van der Waals surface area contributed by atoms with Crippen molar-refractivity contribution >= 4 is 17.3 Å². The van der Waals surface area contributed by atoms with Crippen LogP contribution in [0.4, 0.5) is 5.69 Å². The predicted octanol–water partition coefficient (Wildman–Crippen LogP) is 3.23. The standard InChI is InChI=1S/C13H15ClN4O2/c1-3-11(14)12-8-17(16-15-12)7-10-5-4-6-13(9(10)2)18(19)20/h4-6,8,11H,3,7H2,1-2H3. The van der Waals surface area contributed by atoms with E-state index in [0.717, 1.165) is 17.7 Å². The lowest BCUT2D eigenvalue weighted by atomic mass is 10.1. The minimum Gasteiger partial charge on any atom is -0.258 e. The van der Waals surface area contributed by atoms with Gasteiger partial charge in [0.1, 0.15) is 5.69 Å². The average molecular weight is 295 g/mol. The van der Waals surface area contributed by atoms with Gasteiger partial charge in [0.2, 0.25) is 0 Å². The fourth-order valence-electron chi connectivity index (χ4n) is 1.96. The van der Waals surface area contributed by atoms with Crippen molar-refractivity contribution < 1.29 is 4.92 Å². The Balaban J connectivity index is 2.24. The molecular weight excluding hydrogens is 280 g/mol. The van der Waals surface area contributed by atoms with E-state index in [4.69, 9.17) is 11.6 Å². The van der Waals surface area contributed by atoms with Crippen molar-refractivity contribution in [3.8, 4) is 0 Å². The van der Waals surface area contributed by atoms with Gasteiger partial charge in [0.05, 0.1) is 23.0 Å². The number of benzene rings is 1. The maximum atomic E-state index is 10.9. The first kappa shape index (κ1) is 14.5. The lowest BCUT2D eigenvalue weighted by Crippen LogP contribution is -2.04. The molecule has 0 aliphatic rings. The monoisotopic (exact) mass is 294 g/mol. The molecule has 0 aliphatic heterocycles. The molecule has 7 heteroatoms. The molecule has 106 valence electrons. The fraction of sp³-hybridized carbons (Fsp3) is 0.385. The highest BCUT2D eigenvalue weighted by molar-refractivity contribution is 6.20. The molecule has 1 atom stereocenters. The van der Waals surface area contributed by atoms with Crippen LogP contribution < -0.4 is 0 Å². The van der Waals surface area contributed by atoms with Crippen LogP contribution in [0.2, 0.25) is 0 Å². The number of nitrogens with zero attached hydrogens (tertiary/aromatic N) is 4. The summed E-state index contributed by atoms with van der Waals surface area (Å²) in [6, 6.07) is 5.02. The van der Waals surface area contributed by atoms with Crippen LogP contribution in [-0.4, -0.2) is 19.9 Å². The first-order valence-corrected chi connectivity index (χ1v) is 6.73. The molecule has 0 amide bonds. The Morgan fingerprint density at radius 1 is 1.50 bits per heavy atom. The van der Waals surface area contributed by atoms with Crippen LogP contribution in [0.3, 0.4) is 0 Å². The topological polar surface area (TPSA) is 73.8 Å². The number of hydrogen-bond acceptors (Lipinski definition) is 4. The number of rotatable bonds is 5. The third-order valence-corrected chi connectivity index (χ3v) is 3.71. The summed E-state index contributed by atoms with van der Waals surface area (Å²) in [4.78, 5) is 10.5. The zero-order valence-corrected chi connectivity index (χ0v) is 12.0. The normalized spacial score (nSPS) is 12.3. The van der Waals surface area contributed by atoms with Crippen LogP contribution in [0.15, 0.2) is 24.4 Å². The molecule has 1 aromatic heterocycles.